The van der Waals surface area contributed by atoms with Gasteiger partial charge >= 0.3 is 0 Å². The van der Waals surface area contributed by atoms with E-state index >= 15 is 0 Å². The number of halogens is 1. The van der Waals surface area contributed by atoms with Crippen molar-refractivity contribution in [3.8, 4) is 0 Å². The molecule has 0 fully saturated rings. The summed E-state index contributed by atoms with van der Waals surface area (Å²) in [6, 6.07) is 8.51. The zero-order chi connectivity index (χ0) is 12.2. The van der Waals surface area contributed by atoms with Crippen molar-refractivity contribution in [1.29, 1.82) is 0 Å². The first kappa shape index (κ1) is 13.6. The van der Waals surface area contributed by atoms with Crippen LogP contribution in [0.2, 0.25) is 6.55 Å². The van der Waals surface area contributed by atoms with Gasteiger partial charge in [0.05, 0.1) is 0 Å². The van der Waals surface area contributed by atoms with Crippen LogP contribution in [0.4, 0.5) is 5.69 Å². The second kappa shape index (κ2) is 5.71. The lowest BCUT2D eigenvalue weighted by Gasteiger charge is -2.25. The first-order valence-electron chi connectivity index (χ1n) is 5.51. The summed E-state index contributed by atoms with van der Waals surface area (Å²) in [5.41, 5.74) is 1.80. The molecule has 0 amide bonds. The second-order valence-electron chi connectivity index (χ2n) is 4.24. The molecule has 0 bridgehead atoms. The highest BCUT2D eigenvalue weighted by molar-refractivity contribution is 6.90. The Morgan fingerprint density at radius 1 is 1.25 bits per heavy atom. The van der Waals surface area contributed by atoms with E-state index in [4.69, 9.17) is 16.0 Å². The summed E-state index contributed by atoms with van der Waals surface area (Å²) in [6.45, 7) is 4.91. The van der Waals surface area contributed by atoms with Gasteiger partial charge in [-0.2, -0.15) is 0 Å². The van der Waals surface area contributed by atoms with E-state index in [1.54, 1.807) is 0 Å². The van der Waals surface area contributed by atoms with Crippen LogP contribution in [-0.4, -0.2) is 34.5 Å². The van der Waals surface area contributed by atoms with Gasteiger partial charge in [-0.25, -0.2) is 0 Å². The van der Waals surface area contributed by atoms with Gasteiger partial charge in [-0.05, 0) is 30.8 Å². The molecule has 4 heteroatoms. The molecule has 0 spiro atoms. The van der Waals surface area contributed by atoms with Crippen LogP contribution in [0.25, 0.3) is 0 Å². The molecule has 0 heterocycles. The maximum Gasteiger partial charge on any atom is 0.235 e. The number of benzene rings is 1. The third kappa shape index (κ3) is 3.00. The van der Waals surface area contributed by atoms with Crippen molar-refractivity contribution in [3.63, 3.8) is 0 Å². The number of nitrogens with zero attached hydrogens (tertiary/aromatic N) is 1. The lowest BCUT2D eigenvalue weighted by molar-refractivity contribution is 0.338. The minimum absolute atomic E-state index is 0.599. The highest BCUT2D eigenvalue weighted by Gasteiger charge is 2.30. The molecular formula is C12H20ClNOSi. The molecule has 1 aromatic rings. The van der Waals surface area contributed by atoms with Crippen LogP contribution < -0.4 is 10.1 Å². The van der Waals surface area contributed by atoms with E-state index in [-0.39, 0.29) is 0 Å². The second-order valence-corrected chi connectivity index (χ2v) is 8.64. The van der Waals surface area contributed by atoms with Gasteiger partial charge < -0.3 is 9.33 Å². The maximum atomic E-state index is 6.05. The van der Waals surface area contributed by atoms with Crippen LogP contribution in [0.15, 0.2) is 24.3 Å². The zero-order valence-corrected chi connectivity index (χ0v) is 12.2. The van der Waals surface area contributed by atoms with Gasteiger partial charge in [0.1, 0.15) is 0 Å². The molecule has 0 aromatic heterocycles. The number of rotatable bonds is 5. The fourth-order valence-corrected chi connectivity index (χ4v) is 4.23. The van der Waals surface area contributed by atoms with Crippen LogP contribution in [0.1, 0.15) is 6.92 Å². The van der Waals surface area contributed by atoms with Gasteiger partial charge in [-0.1, -0.05) is 12.1 Å². The Hall–Kier alpha value is -0.513. The SMILES string of the molecule is CCO[Si](C)(CCl)c1ccc(N(C)C)cc1. The predicted octanol–water partition coefficient (Wildman–Crippen LogP) is 2.35. The minimum Gasteiger partial charge on any atom is -0.412 e. The number of anilines is 1. The summed E-state index contributed by atoms with van der Waals surface area (Å²) in [7, 11) is 2.16. The predicted molar refractivity (Wildman–Crippen MR) is 74.4 cm³/mol. The normalized spacial score (nSPS) is 14.6. The molecule has 16 heavy (non-hydrogen) atoms. The van der Waals surface area contributed by atoms with Gasteiger partial charge in [-0.15, -0.1) is 11.6 Å². The summed E-state index contributed by atoms with van der Waals surface area (Å²) in [5.74, 6) is 0. The van der Waals surface area contributed by atoms with Crippen molar-refractivity contribution in [3.05, 3.63) is 24.3 Å². The molecule has 0 aliphatic rings. The molecule has 1 unspecified atom stereocenters. The molecule has 90 valence electrons. The van der Waals surface area contributed by atoms with E-state index in [1.807, 2.05) is 21.0 Å². The lowest BCUT2D eigenvalue weighted by atomic mass is 10.3. The fraction of sp³-hybridized carbons (Fsp3) is 0.500. The Balaban J connectivity index is 2.94. The largest absolute Gasteiger partial charge is 0.412 e. The standard InChI is InChI=1S/C12H20ClNOSi/c1-5-15-16(4,10-13)12-8-6-11(7-9-12)14(2)3/h6-9H,5,10H2,1-4H3. The van der Waals surface area contributed by atoms with Crippen LogP contribution in [-0.2, 0) is 4.43 Å². The Kier molecular flexibility index (Phi) is 4.83. The minimum atomic E-state index is -1.91. The highest BCUT2D eigenvalue weighted by Crippen LogP contribution is 2.13. The fourth-order valence-electron chi connectivity index (χ4n) is 1.63. The van der Waals surface area contributed by atoms with Crippen molar-refractivity contribution >= 4 is 30.8 Å². The smallest absolute Gasteiger partial charge is 0.235 e. The Labute approximate surface area is 104 Å². The molecule has 0 aliphatic carbocycles. The lowest BCUT2D eigenvalue weighted by Crippen LogP contribution is -2.50. The van der Waals surface area contributed by atoms with Crippen molar-refractivity contribution in [2.24, 2.45) is 0 Å². The molecule has 2 nitrogen and oxygen atoms in total. The van der Waals surface area contributed by atoms with E-state index < -0.39 is 8.32 Å². The monoisotopic (exact) mass is 257 g/mol. The highest BCUT2D eigenvalue weighted by atomic mass is 35.5. The molecule has 1 aromatic carbocycles. The molecule has 1 rings (SSSR count). The Bertz CT molecular complexity index is 328. The quantitative estimate of drug-likeness (QED) is 0.593. The van der Waals surface area contributed by atoms with Gasteiger partial charge in [0.15, 0.2) is 0 Å². The third-order valence-electron chi connectivity index (χ3n) is 2.71. The van der Waals surface area contributed by atoms with E-state index in [0.29, 0.717) is 5.50 Å². The van der Waals surface area contributed by atoms with E-state index in [2.05, 4.69) is 35.7 Å². The van der Waals surface area contributed by atoms with Crippen LogP contribution in [0.5, 0.6) is 0 Å². The number of hydrogen-bond acceptors (Lipinski definition) is 2. The molecule has 0 aliphatic heterocycles. The van der Waals surface area contributed by atoms with Gasteiger partial charge in [0, 0.05) is 31.9 Å². The summed E-state index contributed by atoms with van der Waals surface area (Å²) >= 11 is 6.05. The molecule has 1 atom stereocenters. The van der Waals surface area contributed by atoms with Crippen molar-refractivity contribution < 1.29 is 4.43 Å². The van der Waals surface area contributed by atoms with E-state index in [0.717, 1.165) is 6.61 Å². The van der Waals surface area contributed by atoms with Crippen molar-refractivity contribution in [2.45, 2.75) is 13.5 Å². The first-order valence-corrected chi connectivity index (χ1v) is 8.66. The summed E-state index contributed by atoms with van der Waals surface area (Å²) in [6.07, 6.45) is 0. The van der Waals surface area contributed by atoms with E-state index in [1.165, 1.54) is 10.9 Å². The molecule has 0 saturated carbocycles. The van der Waals surface area contributed by atoms with Gasteiger partial charge in [0.2, 0.25) is 8.32 Å². The van der Waals surface area contributed by atoms with Crippen molar-refractivity contribution in [1.82, 2.24) is 0 Å². The topological polar surface area (TPSA) is 12.5 Å². The maximum absolute atomic E-state index is 6.05. The van der Waals surface area contributed by atoms with Crippen molar-refractivity contribution in [2.75, 3.05) is 31.1 Å². The average Bonchev–Trinajstić information content (AvgIpc) is 2.29. The summed E-state index contributed by atoms with van der Waals surface area (Å²) in [4.78, 5) is 2.09. The summed E-state index contributed by atoms with van der Waals surface area (Å²) in [5, 5.41) is 1.26. The van der Waals surface area contributed by atoms with E-state index in [9.17, 15) is 0 Å². The first-order chi connectivity index (χ1) is 7.53. The summed E-state index contributed by atoms with van der Waals surface area (Å²) < 4.78 is 5.86. The molecule has 0 N–H and O–H groups in total. The number of alkyl halides is 1. The Morgan fingerprint density at radius 3 is 2.19 bits per heavy atom. The van der Waals surface area contributed by atoms with Gasteiger partial charge in [0.25, 0.3) is 0 Å². The Morgan fingerprint density at radius 2 is 1.81 bits per heavy atom. The average molecular weight is 258 g/mol. The third-order valence-corrected chi connectivity index (χ3v) is 7.23. The molecule has 0 saturated heterocycles. The van der Waals surface area contributed by atoms with Crippen LogP contribution in [0, 0.1) is 0 Å². The zero-order valence-electron chi connectivity index (χ0n) is 10.5. The van der Waals surface area contributed by atoms with Crippen LogP contribution >= 0.6 is 11.6 Å². The molecule has 0 radical (unpaired) electrons. The molecular weight excluding hydrogens is 238 g/mol. The van der Waals surface area contributed by atoms with Crippen LogP contribution in [0.3, 0.4) is 0 Å². The van der Waals surface area contributed by atoms with Gasteiger partial charge in [-0.3, -0.25) is 0 Å². The number of hydrogen-bond donors (Lipinski definition) is 0.